The van der Waals surface area contributed by atoms with Crippen LogP contribution in [0.4, 0.5) is 5.69 Å². The van der Waals surface area contributed by atoms with E-state index in [1.54, 1.807) is 48.5 Å². The van der Waals surface area contributed by atoms with Crippen LogP contribution in [0.2, 0.25) is 10.0 Å². The summed E-state index contributed by atoms with van der Waals surface area (Å²) < 4.78 is 0. The molecule has 0 aliphatic rings. The quantitative estimate of drug-likeness (QED) is 0.514. The first-order valence-corrected chi connectivity index (χ1v) is 6.97. The van der Waals surface area contributed by atoms with Gasteiger partial charge in [-0.1, -0.05) is 53.5 Å². The van der Waals surface area contributed by atoms with Gasteiger partial charge >= 0.3 is 11.8 Å². The van der Waals surface area contributed by atoms with Gasteiger partial charge in [0.15, 0.2) is 0 Å². The predicted octanol–water partition coefficient (Wildman–Crippen LogP) is 3.08. The van der Waals surface area contributed by atoms with Gasteiger partial charge in [-0.25, -0.2) is 5.43 Å². The van der Waals surface area contributed by atoms with Gasteiger partial charge in [-0.15, -0.1) is 0 Å². The van der Waals surface area contributed by atoms with Gasteiger partial charge in [-0.05, 0) is 18.2 Å². The van der Waals surface area contributed by atoms with E-state index in [9.17, 15) is 9.59 Å². The SMILES string of the molecule is O=C(N/N=C/c1ccccc1Cl)C(=O)Nc1ccccc1Cl. The zero-order valence-electron chi connectivity index (χ0n) is 11.2. The molecule has 0 aliphatic heterocycles. The van der Waals surface area contributed by atoms with Crippen LogP contribution in [0.25, 0.3) is 0 Å². The number of carbonyl (C=O) groups is 2. The van der Waals surface area contributed by atoms with Crippen molar-refractivity contribution < 1.29 is 9.59 Å². The summed E-state index contributed by atoms with van der Waals surface area (Å²) in [6, 6.07) is 13.6. The lowest BCUT2D eigenvalue weighted by Gasteiger charge is -2.05. The molecule has 0 aliphatic carbocycles. The highest BCUT2D eigenvalue weighted by Crippen LogP contribution is 2.20. The summed E-state index contributed by atoms with van der Waals surface area (Å²) in [5, 5.41) is 6.90. The van der Waals surface area contributed by atoms with Crippen LogP contribution in [0.3, 0.4) is 0 Å². The fourth-order valence-electron chi connectivity index (χ4n) is 1.53. The monoisotopic (exact) mass is 335 g/mol. The summed E-state index contributed by atoms with van der Waals surface area (Å²) in [4.78, 5) is 23.3. The van der Waals surface area contributed by atoms with E-state index in [0.717, 1.165) is 0 Å². The number of hydrazone groups is 1. The highest BCUT2D eigenvalue weighted by molar-refractivity contribution is 6.41. The highest BCUT2D eigenvalue weighted by atomic mass is 35.5. The second kappa shape index (κ2) is 7.59. The average molecular weight is 336 g/mol. The van der Waals surface area contributed by atoms with Crippen molar-refractivity contribution in [2.45, 2.75) is 0 Å². The van der Waals surface area contributed by atoms with Gasteiger partial charge in [0.1, 0.15) is 0 Å². The van der Waals surface area contributed by atoms with Gasteiger partial charge in [0.2, 0.25) is 0 Å². The number of anilines is 1. The molecular formula is C15H11Cl2N3O2. The van der Waals surface area contributed by atoms with Crippen molar-refractivity contribution >= 4 is 46.9 Å². The molecule has 0 atom stereocenters. The maximum absolute atomic E-state index is 11.7. The molecule has 22 heavy (non-hydrogen) atoms. The first-order chi connectivity index (χ1) is 10.6. The summed E-state index contributed by atoms with van der Waals surface area (Å²) in [6.07, 6.45) is 1.35. The van der Waals surface area contributed by atoms with Crippen molar-refractivity contribution in [1.29, 1.82) is 0 Å². The first kappa shape index (κ1) is 16.0. The van der Waals surface area contributed by atoms with Gasteiger partial charge in [0.05, 0.1) is 16.9 Å². The highest BCUT2D eigenvalue weighted by Gasteiger charge is 2.14. The second-order valence-corrected chi connectivity index (χ2v) is 4.97. The third-order valence-electron chi connectivity index (χ3n) is 2.60. The van der Waals surface area contributed by atoms with Crippen LogP contribution in [-0.4, -0.2) is 18.0 Å². The number of nitrogens with zero attached hydrogens (tertiary/aromatic N) is 1. The molecule has 0 saturated carbocycles. The van der Waals surface area contributed by atoms with Gasteiger partial charge in [-0.2, -0.15) is 5.10 Å². The minimum Gasteiger partial charge on any atom is -0.316 e. The summed E-state index contributed by atoms with van der Waals surface area (Å²) in [5.74, 6) is -1.78. The molecule has 0 bridgehead atoms. The molecule has 2 rings (SSSR count). The molecule has 112 valence electrons. The maximum atomic E-state index is 11.7. The number of para-hydroxylation sites is 1. The molecule has 0 heterocycles. The number of carbonyl (C=O) groups excluding carboxylic acids is 2. The lowest BCUT2D eigenvalue weighted by atomic mass is 10.2. The summed E-state index contributed by atoms with van der Waals surface area (Å²) >= 11 is 11.8. The van der Waals surface area contributed by atoms with Crippen molar-refractivity contribution in [1.82, 2.24) is 5.43 Å². The molecule has 0 spiro atoms. The molecule has 0 radical (unpaired) electrons. The summed E-state index contributed by atoms with van der Waals surface area (Å²) in [5.41, 5.74) is 3.08. The largest absolute Gasteiger partial charge is 0.329 e. The smallest absolute Gasteiger partial charge is 0.316 e. The van der Waals surface area contributed by atoms with Crippen LogP contribution in [0.5, 0.6) is 0 Å². The Bertz CT molecular complexity index is 732. The lowest BCUT2D eigenvalue weighted by Crippen LogP contribution is -2.32. The van der Waals surface area contributed by atoms with E-state index >= 15 is 0 Å². The standard InChI is InChI=1S/C15H11Cl2N3O2/c16-11-6-2-1-5-10(11)9-18-20-15(22)14(21)19-13-8-4-3-7-12(13)17/h1-9H,(H,19,21)(H,20,22)/b18-9+. The van der Waals surface area contributed by atoms with Crippen molar-refractivity contribution in [2.24, 2.45) is 5.10 Å². The Kier molecular flexibility index (Phi) is 5.52. The van der Waals surface area contributed by atoms with E-state index < -0.39 is 11.8 Å². The van der Waals surface area contributed by atoms with Crippen molar-refractivity contribution in [3.05, 3.63) is 64.1 Å². The minimum atomic E-state index is -0.914. The number of hydrogen-bond acceptors (Lipinski definition) is 3. The van der Waals surface area contributed by atoms with E-state index in [1.807, 2.05) is 0 Å². The number of hydrogen-bond donors (Lipinski definition) is 2. The molecule has 2 N–H and O–H groups in total. The Hall–Kier alpha value is -2.37. The van der Waals surface area contributed by atoms with Gasteiger partial charge < -0.3 is 5.32 Å². The van der Waals surface area contributed by atoms with Crippen molar-refractivity contribution in [3.63, 3.8) is 0 Å². The fourth-order valence-corrected chi connectivity index (χ4v) is 1.90. The second-order valence-electron chi connectivity index (χ2n) is 4.15. The minimum absolute atomic E-state index is 0.336. The van der Waals surface area contributed by atoms with Crippen LogP contribution in [0, 0.1) is 0 Å². The van der Waals surface area contributed by atoms with Crippen LogP contribution >= 0.6 is 23.2 Å². The molecule has 7 heteroatoms. The summed E-state index contributed by atoms with van der Waals surface area (Å²) in [6.45, 7) is 0. The van der Waals surface area contributed by atoms with E-state index in [0.29, 0.717) is 21.3 Å². The van der Waals surface area contributed by atoms with E-state index in [4.69, 9.17) is 23.2 Å². The van der Waals surface area contributed by atoms with Crippen LogP contribution in [0.1, 0.15) is 5.56 Å². The molecular weight excluding hydrogens is 325 g/mol. The number of benzene rings is 2. The van der Waals surface area contributed by atoms with Gasteiger partial charge in [0, 0.05) is 10.6 Å². The van der Waals surface area contributed by atoms with E-state index in [-0.39, 0.29) is 0 Å². The van der Waals surface area contributed by atoms with Crippen LogP contribution in [-0.2, 0) is 9.59 Å². The Morgan fingerprint density at radius 1 is 0.909 bits per heavy atom. The molecule has 2 amide bonds. The molecule has 0 aromatic heterocycles. The molecule has 2 aromatic rings. The Labute approximate surface area is 136 Å². The number of amides is 2. The predicted molar refractivity (Wildman–Crippen MR) is 87.3 cm³/mol. The zero-order valence-corrected chi connectivity index (χ0v) is 12.7. The normalized spacial score (nSPS) is 10.5. The Balaban J connectivity index is 1.94. The number of nitrogens with one attached hydrogen (secondary N) is 2. The van der Waals surface area contributed by atoms with Gasteiger partial charge in [-0.3, -0.25) is 9.59 Å². The molecule has 0 unspecified atom stereocenters. The topological polar surface area (TPSA) is 70.6 Å². The first-order valence-electron chi connectivity index (χ1n) is 6.21. The fraction of sp³-hybridized carbons (Fsp3) is 0. The molecule has 0 fully saturated rings. The zero-order chi connectivity index (χ0) is 15.9. The Morgan fingerprint density at radius 2 is 1.55 bits per heavy atom. The van der Waals surface area contributed by atoms with Crippen molar-refractivity contribution in [3.8, 4) is 0 Å². The molecule has 2 aromatic carbocycles. The van der Waals surface area contributed by atoms with Crippen molar-refractivity contribution in [2.75, 3.05) is 5.32 Å². The molecule has 0 saturated heterocycles. The van der Waals surface area contributed by atoms with Crippen LogP contribution in [0.15, 0.2) is 53.6 Å². The number of rotatable bonds is 3. The van der Waals surface area contributed by atoms with Gasteiger partial charge in [0.25, 0.3) is 0 Å². The molecule has 5 nitrogen and oxygen atoms in total. The van der Waals surface area contributed by atoms with Crippen LogP contribution < -0.4 is 10.7 Å². The third-order valence-corrected chi connectivity index (χ3v) is 3.28. The lowest BCUT2D eigenvalue weighted by molar-refractivity contribution is -0.136. The third kappa shape index (κ3) is 4.31. The van der Waals surface area contributed by atoms with E-state index in [2.05, 4.69) is 15.8 Å². The Morgan fingerprint density at radius 3 is 2.23 bits per heavy atom. The van der Waals surface area contributed by atoms with E-state index in [1.165, 1.54) is 6.21 Å². The number of halogens is 2. The summed E-state index contributed by atoms with van der Waals surface area (Å²) in [7, 11) is 0. The average Bonchev–Trinajstić information content (AvgIpc) is 2.51. The maximum Gasteiger partial charge on any atom is 0.329 e.